The summed E-state index contributed by atoms with van der Waals surface area (Å²) in [6.07, 6.45) is 9.28. The van der Waals surface area contributed by atoms with Crippen LogP contribution in [-0.4, -0.2) is 27.6 Å². The average molecular weight is 311 g/mol. The molecule has 120 valence electrons. The Morgan fingerprint density at radius 2 is 2.13 bits per heavy atom. The van der Waals surface area contributed by atoms with Crippen LogP contribution in [0.5, 0.6) is 5.75 Å². The molecule has 5 heteroatoms. The van der Waals surface area contributed by atoms with Crippen molar-refractivity contribution in [3.63, 3.8) is 0 Å². The zero-order valence-corrected chi connectivity index (χ0v) is 13.1. The highest BCUT2D eigenvalue weighted by Crippen LogP contribution is 2.27. The fourth-order valence-electron chi connectivity index (χ4n) is 3.17. The molecule has 2 heterocycles. The third-order valence-electron chi connectivity index (χ3n) is 4.75. The first-order chi connectivity index (χ1) is 11.3. The number of hydrogen-bond donors (Lipinski definition) is 1. The molecular weight excluding hydrogens is 290 g/mol. The molecule has 1 aliphatic heterocycles. The molecule has 23 heavy (non-hydrogen) atoms. The molecule has 1 aromatic carbocycles. The summed E-state index contributed by atoms with van der Waals surface area (Å²) >= 11 is 0. The van der Waals surface area contributed by atoms with Gasteiger partial charge in [0.2, 0.25) is 0 Å². The molecule has 2 aromatic rings. The zero-order valence-electron chi connectivity index (χ0n) is 13.1. The van der Waals surface area contributed by atoms with Gasteiger partial charge in [-0.1, -0.05) is 12.1 Å². The number of ether oxygens (including phenoxy) is 1. The number of imidazole rings is 1. The number of aromatic nitrogens is 2. The van der Waals surface area contributed by atoms with Crippen LogP contribution in [0.3, 0.4) is 0 Å². The van der Waals surface area contributed by atoms with Crippen molar-refractivity contribution in [1.29, 1.82) is 0 Å². The molecule has 0 bridgehead atoms. The van der Waals surface area contributed by atoms with E-state index < -0.39 is 0 Å². The summed E-state index contributed by atoms with van der Waals surface area (Å²) in [5.74, 6) is 1.76. The lowest BCUT2D eigenvalue weighted by Crippen LogP contribution is -2.41. The number of carbonyl (C=O) groups excluding carboxylic acids is 1. The van der Waals surface area contributed by atoms with Crippen molar-refractivity contribution in [3.05, 3.63) is 48.0 Å². The number of rotatable bonds is 4. The van der Waals surface area contributed by atoms with Crippen molar-refractivity contribution in [2.24, 2.45) is 0 Å². The van der Waals surface area contributed by atoms with Gasteiger partial charge < -0.3 is 14.6 Å². The molecule has 1 N–H and O–H groups in total. The lowest BCUT2D eigenvalue weighted by molar-refractivity contribution is 0.0903. The fraction of sp³-hybridized carbons (Fsp3) is 0.444. The predicted octanol–water partition coefficient (Wildman–Crippen LogP) is 2.56. The minimum Gasteiger partial charge on any atom is -0.490 e. The number of benzene rings is 1. The molecule has 1 aliphatic carbocycles. The van der Waals surface area contributed by atoms with E-state index in [1.54, 1.807) is 0 Å². The van der Waals surface area contributed by atoms with Crippen LogP contribution in [0, 0.1) is 0 Å². The molecule has 1 amide bonds. The highest BCUT2D eigenvalue weighted by atomic mass is 16.5. The van der Waals surface area contributed by atoms with Crippen molar-refractivity contribution in [2.75, 3.05) is 0 Å². The van der Waals surface area contributed by atoms with E-state index in [9.17, 15) is 4.79 Å². The second-order valence-corrected chi connectivity index (χ2v) is 6.37. The highest BCUT2D eigenvalue weighted by Gasteiger charge is 2.24. The lowest BCUT2D eigenvalue weighted by Gasteiger charge is -2.28. The maximum atomic E-state index is 12.7. The van der Waals surface area contributed by atoms with Crippen LogP contribution >= 0.6 is 0 Å². The molecule has 5 nitrogen and oxygen atoms in total. The molecule has 1 saturated carbocycles. The van der Waals surface area contributed by atoms with Gasteiger partial charge in [-0.25, -0.2) is 4.98 Å². The van der Waals surface area contributed by atoms with Gasteiger partial charge in [-0.3, -0.25) is 4.79 Å². The lowest BCUT2D eigenvalue weighted by atomic mass is 9.96. The van der Waals surface area contributed by atoms with Crippen molar-refractivity contribution in [3.8, 4) is 5.75 Å². The van der Waals surface area contributed by atoms with Crippen molar-refractivity contribution >= 4 is 5.91 Å². The van der Waals surface area contributed by atoms with Gasteiger partial charge in [0.1, 0.15) is 11.6 Å². The van der Waals surface area contributed by atoms with E-state index in [2.05, 4.69) is 14.9 Å². The van der Waals surface area contributed by atoms with E-state index in [-0.39, 0.29) is 18.1 Å². The highest BCUT2D eigenvalue weighted by molar-refractivity contribution is 5.97. The maximum Gasteiger partial charge on any atom is 0.255 e. The number of nitrogens with one attached hydrogen (secondary N) is 1. The molecule has 1 atom stereocenters. The smallest absolute Gasteiger partial charge is 0.255 e. The van der Waals surface area contributed by atoms with Gasteiger partial charge >= 0.3 is 0 Å². The minimum absolute atomic E-state index is 0.0477. The molecular formula is C18H21N3O2. The normalized spacial score (nSPS) is 20.4. The van der Waals surface area contributed by atoms with Gasteiger partial charge in [0.15, 0.2) is 0 Å². The molecule has 0 saturated heterocycles. The van der Waals surface area contributed by atoms with Crippen LogP contribution in [0.2, 0.25) is 0 Å². The number of aryl methyl sites for hydroxylation is 1. The first kappa shape index (κ1) is 14.3. The number of fused-ring (bicyclic) bond motifs is 1. The number of carbonyl (C=O) groups is 1. The maximum absolute atomic E-state index is 12.7. The van der Waals surface area contributed by atoms with Gasteiger partial charge in [-0.2, -0.15) is 0 Å². The third-order valence-corrected chi connectivity index (χ3v) is 4.75. The Kier molecular flexibility index (Phi) is 3.77. The third kappa shape index (κ3) is 2.96. The van der Waals surface area contributed by atoms with E-state index in [0.717, 1.165) is 38.1 Å². The SMILES string of the molecule is O=C(NC1CCc2nccn2C1)c1ccccc1OC1CCC1. The van der Waals surface area contributed by atoms with E-state index in [1.807, 2.05) is 36.7 Å². The number of hydrogen-bond acceptors (Lipinski definition) is 3. The Labute approximate surface area is 135 Å². The Morgan fingerprint density at radius 1 is 1.26 bits per heavy atom. The largest absolute Gasteiger partial charge is 0.490 e. The van der Waals surface area contributed by atoms with Crippen molar-refractivity contribution in [2.45, 2.75) is 50.8 Å². The van der Waals surface area contributed by atoms with Crippen molar-refractivity contribution < 1.29 is 9.53 Å². The molecule has 0 spiro atoms. The first-order valence-electron chi connectivity index (χ1n) is 8.36. The summed E-state index contributed by atoms with van der Waals surface area (Å²) in [7, 11) is 0. The van der Waals surface area contributed by atoms with Gasteiger partial charge in [-0.05, 0) is 37.8 Å². The summed E-state index contributed by atoms with van der Waals surface area (Å²) in [6.45, 7) is 0.784. The molecule has 1 fully saturated rings. The van der Waals surface area contributed by atoms with Crippen LogP contribution in [0.15, 0.2) is 36.7 Å². The number of amides is 1. The molecule has 2 aliphatic rings. The second-order valence-electron chi connectivity index (χ2n) is 6.37. The van der Waals surface area contributed by atoms with E-state index in [1.165, 1.54) is 6.42 Å². The summed E-state index contributed by atoms with van der Waals surface area (Å²) < 4.78 is 8.08. The van der Waals surface area contributed by atoms with E-state index in [4.69, 9.17) is 4.74 Å². The van der Waals surface area contributed by atoms with E-state index >= 15 is 0 Å². The Hall–Kier alpha value is -2.30. The van der Waals surface area contributed by atoms with Gasteiger partial charge in [0, 0.05) is 31.4 Å². The van der Waals surface area contributed by atoms with Crippen LogP contribution < -0.4 is 10.1 Å². The summed E-state index contributed by atoms with van der Waals surface area (Å²) in [5, 5.41) is 3.15. The van der Waals surface area contributed by atoms with Crippen LogP contribution in [0.4, 0.5) is 0 Å². The number of nitrogens with zero attached hydrogens (tertiary/aromatic N) is 2. The summed E-state index contributed by atoms with van der Waals surface area (Å²) in [5.41, 5.74) is 0.635. The van der Waals surface area contributed by atoms with Gasteiger partial charge in [0.25, 0.3) is 5.91 Å². The molecule has 1 aromatic heterocycles. The fourth-order valence-corrected chi connectivity index (χ4v) is 3.17. The van der Waals surface area contributed by atoms with Gasteiger partial charge in [0.05, 0.1) is 11.7 Å². The predicted molar refractivity (Wildman–Crippen MR) is 86.5 cm³/mol. The topological polar surface area (TPSA) is 56.2 Å². The monoisotopic (exact) mass is 311 g/mol. The summed E-state index contributed by atoms with van der Waals surface area (Å²) in [4.78, 5) is 17.0. The summed E-state index contributed by atoms with van der Waals surface area (Å²) in [6, 6.07) is 7.68. The Bertz CT molecular complexity index is 706. The molecule has 1 unspecified atom stereocenters. The second kappa shape index (κ2) is 6.07. The quantitative estimate of drug-likeness (QED) is 0.944. The van der Waals surface area contributed by atoms with E-state index in [0.29, 0.717) is 11.3 Å². The first-order valence-corrected chi connectivity index (χ1v) is 8.36. The van der Waals surface area contributed by atoms with Crippen LogP contribution in [-0.2, 0) is 13.0 Å². The average Bonchev–Trinajstić information content (AvgIpc) is 2.99. The number of para-hydroxylation sites is 1. The van der Waals surface area contributed by atoms with Crippen molar-refractivity contribution in [1.82, 2.24) is 14.9 Å². The molecule has 0 radical (unpaired) electrons. The van der Waals surface area contributed by atoms with Crippen LogP contribution in [0.1, 0.15) is 41.9 Å². The Balaban J connectivity index is 1.45. The molecule has 4 rings (SSSR count). The van der Waals surface area contributed by atoms with Crippen LogP contribution in [0.25, 0.3) is 0 Å². The standard InChI is InChI=1S/C18H21N3O2/c22-18(20-13-8-9-17-19-10-11-21(17)12-13)15-6-1-2-7-16(15)23-14-4-3-5-14/h1-2,6-7,10-11,13-14H,3-5,8-9,12H2,(H,20,22). The Morgan fingerprint density at radius 3 is 2.96 bits per heavy atom. The minimum atomic E-state index is -0.0477. The van der Waals surface area contributed by atoms with Gasteiger partial charge in [-0.15, -0.1) is 0 Å². The zero-order chi connectivity index (χ0) is 15.6.